The number of aliphatic hydroxyl groups is 1. The Morgan fingerprint density at radius 2 is 2.08 bits per heavy atom. The minimum absolute atomic E-state index is 0.0299. The number of carbonyl (C=O) groups excluding carboxylic acids is 1. The number of β-amino-alcohol motifs (C(OH)–C–C–N with tert-alkyl or cyclic N) is 1. The Morgan fingerprint density at radius 3 is 2.87 bits per heavy atom. The number of aliphatic hydroxyl groups excluding tert-OH is 1. The summed E-state index contributed by atoms with van der Waals surface area (Å²) in [5.74, 6) is 0.876. The van der Waals surface area contributed by atoms with Gasteiger partial charge in [-0.25, -0.2) is 4.98 Å². The number of rotatable bonds is 9. The second-order valence-corrected chi connectivity index (χ2v) is 9.87. The molecule has 12 heteroatoms. The number of hydrogen-bond acceptors (Lipinski definition) is 10. The number of nitrogens with one attached hydrogen (secondary N) is 2. The molecule has 0 atom stereocenters. The number of amides is 1. The van der Waals surface area contributed by atoms with Gasteiger partial charge in [0.25, 0.3) is 5.91 Å². The zero-order valence-corrected chi connectivity index (χ0v) is 21.7. The van der Waals surface area contributed by atoms with Gasteiger partial charge in [-0.3, -0.25) is 4.79 Å². The summed E-state index contributed by atoms with van der Waals surface area (Å²) in [4.78, 5) is 31.1. The highest BCUT2D eigenvalue weighted by Crippen LogP contribution is 2.35. The highest BCUT2D eigenvalue weighted by atomic mass is 32.2. The van der Waals surface area contributed by atoms with E-state index in [-0.39, 0.29) is 31.3 Å². The molecule has 4 aromatic rings. The van der Waals surface area contributed by atoms with Gasteiger partial charge in [0.05, 0.1) is 18.6 Å². The molecule has 0 saturated carbocycles. The van der Waals surface area contributed by atoms with E-state index in [0.29, 0.717) is 23.6 Å². The largest absolute Gasteiger partial charge is 0.471 e. The van der Waals surface area contributed by atoms with Gasteiger partial charge >= 0.3 is 0 Å². The van der Waals surface area contributed by atoms with Crippen LogP contribution in [0.5, 0.6) is 5.88 Å². The second-order valence-electron chi connectivity index (χ2n) is 8.73. The van der Waals surface area contributed by atoms with Crippen molar-refractivity contribution in [3.05, 3.63) is 71.1 Å². The van der Waals surface area contributed by atoms with Crippen molar-refractivity contribution in [2.24, 2.45) is 0 Å². The quantitative estimate of drug-likeness (QED) is 0.182. The van der Waals surface area contributed by atoms with E-state index >= 15 is 0 Å². The molecule has 5 N–H and O–H groups in total. The van der Waals surface area contributed by atoms with E-state index in [1.54, 1.807) is 17.8 Å². The van der Waals surface area contributed by atoms with Crippen LogP contribution in [0.25, 0.3) is 17.2 Å². The molecule has 0 aliphatic carbocycles. The first-order chi connectivity index (χ1) is 19.0. The maximum absolute atomic E-state index is 12.7. The van der Waals surface area contributed by atoms with Crippen LogP contribution in [0.3, 0.4) is 0 Å². The van der Waals surface area contributed by atoms with Gasteiger partial charge < -0.3 is 30.8 Å². The smallest absolute Gasteiger partial charge is 0.262 e. The van der Waals surface area contributed by atoms with Gasteiger partial charge in [0.2, 0.25) is 11.8 Å². The summed E-state index contributed by atoms with van der Waals surface area (Å²) in [6, 6.07) is 15.4. The molecular weight excluding hydrogens is 516 g/mol. The molecule has 2 aromatic carbocycles. The van der Waals surface area contributed by atoms with Crippen molar-refractivity contribution in [1.82, 2.24) is 25.3 Å². The fraction of sp³-hybridized carbons (Fsp3) is 0.222. The number of thioether (sulfide) groups is 1. The number of ether oxygens (including phenoxy) is 1. The van der Waals surface area contributed by atoms with E-state index in [1.165, 1.54) is 6.33 Å². The fourth-order valence-corrected chi connectivity index (χ4v) is 5.26. The number of nitrogens with two attached hydrogens (primary N) is 1. The Morgan fingerprint density at radius 1 is 1.26 bits per heavy atom. The Hall–Kier alpha value is -4.60. The summed E-state index contributed by atoms with van der Waals surface area (Å²) >= 11 is 1.73. The van der Waals surface area contributed by atoms with Crippen LogP contribution in [0.4, 0.5) is 11.6 Å². The first-order valence-corrected chi connectivity index (χ1v) is 13.2. The van der Waals surface area contributed by atoms with Gasteiger partial charge in [0.1, 0.15) is 23.8 Å². The zero-order chi connectivity index (χ0) is 27.2. The van der Waals surface area contributed by atoms with E-state index in [0.717, 1.165) is 39.6 Å². The van der Waals surface area contributed by atoms with Crippen LogP contribution in [-0.2, 0) is 17.9 Å². The molecule has 0 spiro atoms. The number of imidazole rings is 1. The van der Waals surface area contributed by atoms with Crippen molar-refractivity contribution in [2.45, 2.75) is 18.0 Å². The van der Waals surface area contributed by atoms with Crippen LogP contribution < -0.4 is 20.7 Å². The van der Waals surface area contributed by atoms with Crippen LogP contribution in [0.2, 0.25) is 0 Å². The molecule has 5 rings (SSSR count). The predicted octanol–water partition coefficient (Wildman–Crippen LogP) is 2.64. The molecule has 39 heavy (non-hydrogen) atoms. The number of carbonyl (C=O) groups is 1. The topological polar surface area (TPSA) is 166 Å². The molecule has 0 saturated heterocycles. The minimum atomic E-state index is -0.442. The van der Waals surface area contributed by atoms with Crippen molar-refractivity contribution < 1.29 is 14.6 Å². The highest BCUT2D eigenvalue weighted by Gasteiger charge is 2.18. The minimum Gasteiger partial charge on any atom is -0.471 e. The molecule has 1 aliphatic rings. The lowest BCUT2D eigenvalue weighted by molar-refractivity contribution is -0.117. The lowest BCUT2D eigenvalue weighted by Gasteiger charge is -2.30. The molecule has 0 unspecified atom stereocenters. The van der Waals surface area contributed by atoms with Gasteiger partial charge in [0, 0.05) is 30.3 Å². The van der Waals surface area contributed by atoms with Crippen molar-refractivity contribution in [1.29, 1.82) is 5.26 Å². The van der Waals surface area contributed by atoms with Gasteiger partial charge in [-0.1, -0.05) is 30.3 Å². The van der Waals surface area contributed by atoms with E-state index < -0.39 is 5.91 Å². The molecule has 3 heterocycles. The molecule has 11 nitrogen and oxygen atoms in total. The zero-order valence-electron chi connectivity index (χ0n) is 20.9. The van der Waals surface area contributed by atoms with E-state index in [1.807, 2.05) is 48.5 Å². The van der Waals surface area contributed by atoms with Gasteiger partial charge in [-0.15, -0.1) is 11.8 Å². The normalized spacial score (nSPS) is 13.1. The summed E-state index contributed by atoms with van der Waals surface area (Å²) in [7, 11) is 0. The second kappa shape index (κ2) is 11.8. The van der Waals surface area contributed by atoms with E-state index in [9.17, 15) is 15.2 Å². The van der Waals surface area contributed by atoms with Crippen LogP contribution in [-0.4, -0.2) is 56.4 Å². The van der Waals surface area contributed by atoms with Gasteiger partial charge in [-0.05, 0) is 34.9 Å². The number of aromatic amines is 1. The molecule has 1 amide bonds. The number of hydrogen-bond donors (Lipinski definition) is 4. The number of anilines is 2. The molecule has 198 valence electrons. The first-order valence-electron chi connectivity index (χ1n) is 12.2. The number of benzene rings is 2. The number of H-pyrrole nitrogens is 1. The summed E-state index contributed by atoms with van der Waals surface area (Å²) in [6.07, 6.45) is 3.10. The van der Waals surface area contributed by atoms with Crippen LogP contribution in [0, 0.1) is 11.3 Å². The number of fused-ring (bicyclic) bond motifs is 2. The summed E-state index contributed by atoms with van der Waals surface area (Å²) in [6.45, 7) is 2.07. The summed E-state index contributed by atoms with van der Waals surface area (Å²) < 4.78 is 5.81. The van der Waals surface area contributed by atoms with E-state index in [4.69, 9.17) is 10.5 Å². The van der Waals surface area contributed by atoms with Gasteiger partial charge in [-0.2, -0.15) is 15.2 Å². The monoisotopic (exact) mass is 542 g/mol. The van der Waals surface area contributed by atoms with Crippen LogP contribution in [0.1, 0.15) is 16.7 Å². The Balaban J connectivity index is 1.18. The van der Waals surface area contributed by atoms with Crippen LogP contribution >= 0.6 is 11.8 Å². The standard InChI is InChI=1S/C27H26N8O3S/c28-13-20(11-19-5-6-21-22(12-19)39-10-8-35(21)7-9-36)25(37)30-14-17-1-3-18(4-2-17)15-38-26-23-24(32-16-31-23)33-27(29)34-26/h1-6,11-12,16,36H,7-10,14-15H2,(H,30,37)(H3,29,31,32,33,34)/b20-11+. The van der Waals surface area contributed by atoms with Crippen LogP contribution in [0.15, 0.2) is 59.3 Å². The number of nitrogen functional groups attached to an aromatic ring is 1. The van der Waals surface area contributed by atoms with Crippen molar-refractivity contribution in [3.63, 3.8) is 0 Å². The molecule has 1 aliphatic heterocycles. The van der Waals surface area contributed by atoms with Crippen molar-refractivity contribution in [2.75, 3.05) is 36.1 Å². The number of nitriles is 1. The third-order valence-electron chi connectivity index (χ3n) is 6.11. The predicted molar refractivity (Wildman–Crippen MR) is 149 cm³/mol. The number of nitrogens with zero attached hydrogens (tertiary/aromatic N) is 5. The molecule has 2 aromatic heterocycles. The maximum atomic E-state index is 12.7. The first kappa shape index (κ1) is 26.0. The summed E-state index contributed by atoms with van der Waals surface area (Å²) in [5, 5.41) is 21.7. The fourth-order valence-electron chi connectivity index (χ4n) is 4.16. The molecule has 0 fully saturated rings. The third kappa shape index (κ3) is 6.11. The molecule has 0 radical (unpaired) electrons. The molecule has 0 bridgehead atoms. The summed E-state index contributed by atoms with van der Waals surface area (Å²) in [5.41, 5.74) is 10.4. The van der Waals surface area contributed by atoms with Gasteiger partial charge in [0.15, 0.2) is 5.65 Å². The van der Waals surface area contributed by atoms with Crippen molar-refractivity contribution >= 4 is 46.5 Å². The average Bonchev–Trinajstić information content (AvgIpc) is 3.42. The van der Waals surface area contributed by atoms with E-state index in [2.05, 4.69) is 30.2 Å². The lowest BCUT2D eigenvalue weighted by Crippen LogP contribution is -2.31. The number of aromatic nitrogens is 4. The highest BCUT2D eigenvalue weighted by molar-refractivity contribution is 7.99. The molecular formula is C27H26N8O3S. The average molecular weight is 543 g/mol. The maximum Gasteiger partial charge on any atom is 0.262 e. The Kier molecular flexibility index (Phi) is 7.91. The SMILES string of the molecule is N#C/C(=C\c1ccc2c(c1)SCCN2CCO)C(=O)NCc1ccc(COc2nc(N)nc3nc[nH]c23)cc1. The van der Waals surface area contributed by atoms with Crippen molar-refractivity contribution in [3.8, 4) is 11.9 Å². The Bertz CT molecular complexity index is 1560. The lowest BCUT2D eigenvalue weighted by atomic mass is 10.1. The third-order valence-corrected chi connectivity index (χ3v) is 7.14. The Labute approximate surface area is 228 Å².